The van der Waals surface area contributed by atoms with E-state index in [0.29, 0.717) is 6.61 Å². The Morgan fingerprint density at radius 3 is 1.72 bits per heavy atom. The molecule has 2 N–H and O–H groups in total. The van der Waals surface area contributed by atoms with Crippen molar-refractivity contribution in [3.63, 3.8) is 0 Å². The smallest absolute Gasteiger partial charge is 0.314 e. The van der Waals surface area contributed by atoms with Gasteiger partial charge in [-0.25, -0.2) is 0 Å². The number of aliphatic hydroxyl groups excluding tert-OH is 1. The Morgan fingerprint density at radius 1 is 0.833 bits per heavy atom. The topological polar surface area (TPSA) is 95.5 Å². The summed E-state index contributed by atoms with van der Waals surface area (Å²) >= 11 is 0. The first kappa shape index (κ1) is 36.1. The standard InChI is InChI=1S/C23H55NO7Si5/c1-13-15-18-32(3,4)28-34(7,8)30-36(11,12)31-35(9,10)29-33(5,6)19-16-17-27-21-22(25)20-24-23(26)14-2/h14,22,25H,2,13,15-21H2,1,3-12H3,(H,24,26). The zero-order chi connectivity index (χ0) is 28.3. The molecule has 1 atom stereocenters. The fourth-order valence-corrected chi connectivity index (χ4v) is 29.2. The summed E-state index contributed by atoms with van der Waals surface area (Å²) in [5.74, 6) is -0.305. The maximum Gasteiger partial charge on any atom is 0.314 e. The number of carbonyl (C=O) groups is 1. The number of hydrogen-bond donors (Lipinski definition) is 2. The Hall–Kier alpha value is 0.0544. The molecule has 0 radical (unpaired) electrons. The SMILES string of the molecule is C=CC(=O)NCC(O)COCCC[Si](C)(C)O[Si](C)(C)O[Si](C)(C)O[Si](C)(C)O[Si](C)(C)CCCC. The molecule has 0 fully saturated rings. The molecule has 0 aliphatic heterocycles. The van der Waals surface area contributed by atoms with Crippen LogP contribution in [0.15, 0.2) is 12.7 Å². The van der Waals surface area contributed by atoms with Gasteiger partial charge in [0.2, 0.25) is 5.91 Å². The van der Waals surface area contributed by atoms with Gasteiger partial charge in [-0.1, -0.05) is 26.3 Å². The summed E-state index contributed by atoms with van der Waals surface area (Å²) in [4.78, 5) is 11.2. The van der Waals surface area contributed by atoms with Crippen molar-refractivity contribution in [2.24, 2.45) is 0 Å². The summed E-state index contributed by atoms with van der Waals surface area (Å²) in [6.07, 6.45) is 3.68. The molecule has 1 amide bonds. The predicted molar refractivity (Wildman–Crippen MR) is 161 cm³/mol. The van der Waals surface area contributed by atoms with E-state index in [2.05, 4.69) is 84.3 Å². The van der Waals surface area contributed by atoms with Crippen LogP contribution in [0.4, 0.5) is 0 Å². The maximum absolute atomic E-state index is 11.2. The third-order valence-corrected chi connectivity index (χ3v) is 24.6. The largest absolute Gasteiger partial charge is 0.436 e. The summed E-state index contributed by atoms with van der Waals surface area (Å²) < 4.78 is 32.2. The molecule has 0 aromatic rings. The molecule has 0 saturated heterocycles. The Morgan fingerprint density at radius 2 is 1.28 bits per heavy atom. The highest BCUT2D eigenvalue weighted by Gasteiger charge is 2.45. The second-order valence-corrected chi connectivity index (χ2v) is 31.7. The quantitative estimate of drug-likeness (QED) is 0.110. The van der Waals surface area contributed by atoms with Crippen LogP contribution >= 0.6 is 0 Å². The predicted octanol–water partition coefficient (Wildman–Crippen LogP) is 5.44. The van der Waals surface area contributed by atoms with E-state index < -0.39 is 48.4 Å². The van der Waals surface area contributed by atoms with Gasteiger partial charge in [0.05, 0.1) is 12.7 Å². The monoisotopic (exact) mass is 597 g/mol. The number of unbranched alkanes of at least 4 members (excludes halogenated alkanes) is 1. The van der Waals surface area contributed by atoms with Crippen molar-refractivity contribution < 1.29 is 31.1 Å². The highest BCUT2D eigenvalue weighted by Crippen LogP contribution is 2.28. The third kappa shape index (κ3) is 18.3. The molecule has 1 unspecified atom stereocenters. The molecule has 0 aromatic heterocycles. The van der Waals surface area contributed by atoms with Crippen molar-refractivity contribution in [1.82, 2.24) is 5.32 Å². The van der Waals surface area contributed by atoms with Crippen molar-refractivity contribution in [2.75, 3.05) is 19.8 Å². The number of nitrogens with one attached hydrogen (secondary N) is 1. The number of hydrogen-bond acceptors (Lipinski definition) is 7. The zero-order valence-corrected chi connectivity index (χ0v) is 29.9. The summed E-state index contributed by atoms with van der Waals surface area (Å²) in [5.41, 5.74) is 0. The van der Waals surface area contributed by atoms with Gasteiger partial charge in [0.15, 0.2) is 16.6 Å². The first-order valence-corrected chi connectivity index (χ1v) is 27.9. The second-order valence-electron chi connectivity index (χ2n) is 12.0. The van der Waals surface area contributed by atoms with E-state index in [4.69, 9.17) is 21.2 Å². The molecule has 0 bridgehead atoms. The van der Waals surface area contributed by atoms with Crippen LogP contribution in [0.5, 0.6) is 0 Å². The van der Waals surface area contributed by atoms with Crippen LogP contribution in [0, 0.1) is 0 Å². The van der Waals surface area contributed by atoms with Crippen LogP contribution in [0.25, 0.3) is 0 Å². The van der Waals surface area contributed by atoms with Crippen LogP contribution in [0.1, 0.15) is 26.2 Å². The fourth-order valence-electron chi connectivity index (χ4n) is 4.45. The average Bonchev–Trinajstić information content (AvgIpc) is 2.66. The Kier molecular flexibility index (Phi) is 15.6. The molecule has 0 aliphatic rings. The average molecular weight is 598 g/mol. The summed E-state index contributed by atoms with van der Waals surface area (Å²) in [7, 11) is -10.9. The van der Waals surface area contributed by atoms with Gasteiger partial charge in [-0.2, -0.15) is 0 Å². The molecule has 8 nitrogen and oxygen atoms in total. The first-order chi connectivity index (χ1) is 16.2. The lowest BCUT2D eigenvalue weighted by Crippen LogP contribution is -2.58. The molecule has 13 heteroatoms. The van der Waals surface area contributed by atoms with Crippen LogP contribution in [0.3, 0.4) is 0 Å². The summed E-state index contributed by atoms with van der Waals surface area (Å²) in [6.45, 7) is 28.2. The Balaban J connectivity index is 4.64. The number of carbonyl (C=O) groups excluding carboxylic acids is 1. The fraction of sp³-hybridized carbons (Fsp3) is 0.870. The molecule has 0 spiro atoms. The lowest BCUT2D eigenvalue weighted by molar-refractivity contribution is -0.117. The third-order valence-electron chi connectivity index (χ3n) is 5.23. The second kappa shape index (κ2) is 15.6. The molecule has 0 aromatic carbocycles. The summed E-state index contributed by atoms with van der Waals surface area (Å²) in [5, 5.41) is 12.4. The molecular formula is C23H55NO7Si5. The molecule has 0 rings (SSSR count). The molecule has 0 heterocycles. The van der Waals surface area contributed by atoms with E-state index >= 15 is 0 Å². The van der Waals surface area contributed by atoms with Crippen LogP contribution in [-0.2, 0) is 26.0 Å². The number of aliphatic hydroxyl groups is 1. The van der Waals surface area contributed by atoms with Crippen molar-refractivity contribution in [3.05, 3.63) is 12.7 Å². The number of ether oxygens (including phenoxy) is 1. The van der Waals surface area contributed by atoms with Gasteiger partial charge in [-0.15, -0.1) is 0 Å². The molecule has 0 aliphatic carbocycles. The van der Waals surface area contributed by atoms with Gasteiger partial charge < -0.3 is 31.6 Å². The van der Waals surface area contributed by atoms with E-state index in [9.17, 15) is 9.90 Å². The Labute approximate surface area is 226 Å². The molecular weight excluding hydrogens is 543 g/mol. The lowest BCUT2D eigenvalue weighted by Gasteiger charge is -2.42. The van der Waals surface area contributed by atoms with Gasteiger partial charge in [-0.3, -0.25) is 4.79 Å². The minimum Gasteiger partial charge on any atom is -0.436 e. The van der Waals surface area contributed by atoms with Gasteiger partial charge in [0.1, 0.15) is 0 Å². The lowest BCUT2D eigenvalue weighted by atomic mass is 10.3. The van der Waals surface area contributed by atoms with E-state index in [1.165, 1.54) is 18.9 Å². The summed E-state index contributed by atoms with van der Waals surface area (Å²) in [6, 6.07) is 2.09. The highest BCUT2D eigenvalue weighted by atomic mass is 28.5. The first-order valence-electron chi connectivity index (χ1n) is 13.2. The molecule has 36 heavy (non-hydrogen) atoms. The molecule has 0 saturated carbocycles. The number of amides is 1. The minimum atomic E-state index is -2.45. The highest BCUT2D eigenvalue weighted by molar-refractivity contribution is 6.90. The van der Waals surface area contributed by atoms with Crippen LogP contribution in [0.2, 0.25) is 77.6 Å². The minimum absolute atomic E-state index is 0.149. The van der Waals surface area contributed by atoms with Crippen LogP contribution < -0.4 is 5.32 Å². The van der Waals surface area contributed by atoms with Crippen LogP contribution in [-0.4, -0.2) is 79.2 Å². The number of rotatable bonds is 20. The molecule has 214 valence electrons. The van der Waals surface area contributed by atoms with Crippen molar-refractivity contribution in [2.45, 2.75) is 110 Å². The van der Waals surface area contributed by atoms with E-state index in [1.807, 2.05) is 0 Å². The van der Waals surface area contributed by atoms with E-state index in [-0.39, 0.29) is 19.1 Å². The maximum atomic E-state index is 11.2. The van der Waals surface area contributed by atoms with Crippen molar-refractivity contribution in [3.8, 4) is 0 Å². The Bertz CT molecular complexity index is 675. The van der Waals surface area contributed by atoms with E-state index in [1.54, 1.807) is 0 Å². The van der Waals surface area contributed by atoms with Gasteiger partial charge in [0.25, 0.3) is 0 Å². The van der Waals surface area contributed by atoms with Crippen molar-refractivity contribution in [1.29, 1.82) is 0 Å². The van der Waals surface area contributed by atoms with Crippen molar-refractivity contribution >= 4 is 48.2 Å². The zero-order valence-electron chi connectivity index (χ0n) is 24.9. The van der Waals surface area contributed by atoms with E-state index in [0.717, 1.165) is 18.5 Å². The van der Waals surface area contributed by atoms with Gasteiger partial charge >= 0.3 is 25.7 Å². The normalized spacial score (nSPS) is 14.6. The van der Waals surface area contributed by atoms with Gasteiger partial charge in [0, 0.05) is 13.2 Å². The van der Waals surface area contributed by atoms with Gasteiger partial charge in [-0.05, 0) is 90.1 Å².